The minimum atomic E-state index is -0.556. The number of hydrogen-bond donors (Lipinski definition) is 1. The summed E-state index contributed by atoms with van der Waals surface area (Å²) >= 11 is 1.33. The molecule has 6 heteroatoms. The first-order valence-electron chi connectivity index (χ1n) is 6.64. The molecule has 1 unspecified atom stereocenters. The van der Waals surface area contributed by atoms with Gasteiger partial charge in [0.2, 0.25) is 0 Å². The van der Waals surface area contributed by atoms with Crippen LogP contribution in [0.2, 0.25) is 0 Å². The zero-order valence-corrected chi connectivity index (χ0v) is 12.3. The third-order valence-electron chi connectivity index (χ3n) is 3.13. The van der Waals surface area contributed by atoms with Crippen LogP contribution in [0, 0.1) is 11.6 Å². The normalized spacial score (nSPS) is 12.6. The summed E-state index contributed by atoms with van der Waals surface area (Å²) in [6.45, 7) is 4.77. The first-order valence-corrected chi connectivity index (χ1v) is 7.41. The van der Waals surface area contributed by atoms with Crippen LogP contribution in [-0.4, -0.2) is 16.1 Å². The molecule has 1 aromatic heterocycles. The van der Waals surface area contributed by atoms with Gasteiger partial charge in [-0.15, -0.1) is 5.10 Å². The predicted octanol–water partition coefficient (Wildman–Crippen LogP) is 3.27. The largest absolute Gasteiger partial charge is 0.309 e. The number of aromatic nitrogens is 2. The summed E-state index contributed by atoms with van der Waals surface area (Å²) in [5.41, 5.74) is 1.43. The second-order valence-corrected chi connectivity index (χ2v) is 5.27. The molecule has 0 radical (unpaired) electrons. The van der Waals surface area contributed by atoms with Gasteiger partial charge in [0.15, 0.2) is 0 Å². The molecule has 0 saturated carbocycles. The summed E-state index contributed by atoms with van der Waals surface area (Å²) in [4.78, 5) is 1.03. The predicted molar refractivity (Wildman–Crippen MR) is 75.8 cm³/mol. The number of hydrogen-bond acceptors (Lipinski definition) is 4. The van der Waals surface area contributed by atoms with E-state index in [0.717, 1.165) is 29.6 Å². The average molecular weight is 297 g/mol. The van der Waals surface area contributed by atoms with Crippen LogP contribution in [0.25, 0.3) is 0 Å². The molecule has 0 aliphatic carbocycles. The fourth-order valence-electron chi connectivity index (χ4n) is 2.14. The molecule has 0 bridgehead atoms. The quantitative estimate of drug-likeness (QED) is 0.889. The van der Waals surface area contributed by atoms with E-state index in [1.165, 1.54) is 23.7 Å². The first-order chi connectivity index (χ1) is 9.65. The van der Waals surface area contributed by atoms with Crippen LogP contribution in [-0.2, 0) is 12.8 Å². The Bertz CT molecular complexity index is 571. The number of rotatable bonds is 6. The number of nitrogens with one attached hydrogen (secondary N) is 1. The Balaban J connectivity index is 2.25. The molecule has 0 amide bonds. The maximum Gasteiger partial charge on any atom is 0.129 e. The maximum absolute atomic E-state index is 13.8. The number of benzene rings is 1. The molecule has 2 aromatic rings. The Hall–Kier alpha value is -1.40. The van der Waals surface area contributed by atoms with Crippen LogP contribution in [0.3, 0.4) is 0 Å². The number of aryl methyl sites for hydroxylation is 1. The number of nitrogens with zero attached hydrogens (tertiary/aromatic N) is 2. The van der Waals surface area contributed by atoms with Crippen molar-refractivity contribution in [3.05, 3.63) is 46.0 Å². The highest BCUT2D eigenvalue weighted by molar-refractivity contribution is 7.05. The van der Waals surface area contributed by atoms with Gasteiger partial charge in [-0.1, -0.05) is 24.4 Å². The van der Waals surface area contributed by atoms with Crippen LogP contribution in [0.1, 0.15) is 36.0 Å². The fourth-order valence-corrected chi connectivity index (χ4v) is 2.95. The van der Waals surface area contributed by atoms with Gasteiger partial charge in [0.05, 0.1) is 10.6 Å². The van der Waals surface area contributed by atoms with Crippen molar-refractivity contribution in [2.45, 2.75) is 32.7 Å². The minimum Gasteiger partial charge on any atom is -0.309 e. The van der Waals surface area contributed by atoms with Crippen LogP contribution in [0.5, 0.6) is 0 Å². The van der Waals surface area contributed by atoms with Crippen LogP contribution < -0.4 is 5.32 Å². The smallest absolute Gasteiger partial charge is 0.129 e. The molecule has 1 atom stereocenters. The highest BCUT2D eigenvalue weighted by Crippen LogP contribution is 2.25. The van der Waals surface area contributed by atoms with Crippen molar-refractivity contribution in [1.29, 1.82) is 0 Å². The van der Waals surface area contributed by atoms with Gasteiger partial charge in [0.25, 0.3) is 0 Å². The van der Waals surface area contributed by atoms with Crippen molar-refractivity contribution in [2.24, 2.45) is 0 Å². The molecule has 0 aliphatic heterocycles. The molecular formula is C14H17F2N3S. The summed E-state index contributed by atoms with van der Waals surface area (Å²) in [5, 5.41) is 7.41. The first kappa shape index (κ1) is 15.0. The van der Waals surface area contributed by atoms with Gasteiger partial charge >= 0.3 is 0 Å². The molecule has 1 heterocycles. The Morgan fingerprint density at radius 1 is 1.30 bits per heavy atom. The molecule has 1 aromatic carbocycles. The highest BCUT2D eigenvalue weighted by atomic mass is 32.1. The van der Waals surface area contributed by atoms with E-state index in [2.05, 4.69) is 14.9 Å². The van der Waals surface area contributed by atoms with Crippen molar-refractivity contribution < 1.29 is 8.78 Å². The van der Waals surface area contributed by atoms with Crippen LogP contribution in [0.4, 0.5) is 8.78 Å². The van der Waals surface area contributed by atoms with Crippen LogP contribution >= 0.6 is 11.5 Å². The molecule has 1 N–H and O–H groups in total. The van der Waals surface area contributed by atoms with E-state index in [1.807, 2.05) is 13.8 Å². The maximum atomic E-state index is 13.8. The van der Waals surface area contributed by atoms with Gasteiger partial charge in [0, 0.05) is 12.1 Å². The highest BCUT2D eigenvalue weighted by Gasteiger charge is 2.19. The lowest BCUT2D eigenvalue weighted by Gasteiger charge is -2.17. The van der Waals surface area contributed by atoms with E-state index in [0.29, 0.717) is 12.0 Å². The van der Waals surface area contributed by atoms with Gasteiger partial charge in [-0.25, -0.2) is 8.78 Å². The third-order valence-corrected chi connectivity index (χ3v) is 4.01. The topological polar surface area (TPSA) is 37.8 Å². The van der Waals surface area contributed by atoms with Crippen molar-refractivity contribution >= 4 is 11.5 Å². The van der Waals surface area contributed by atoms with Crippen LogP contribution in [0.15, 0.2) is 18.2 Å². The van der Waals surface area contributed by atoms with Crippen molar-refractivity contribution in [1.82, 2.24) is 14.9 Å². The van der Waals surface area contributed by atoms with Gasteiger partial charge in [-0.05, 0) is 42.5 Å². The molecule has 108 valence electrons. The Morgan fingerprint density at radius 2 is 2.10 bits per heavy atom. The van der Waals surface area contributed by atoms with E-state index >= 15 is 0 Å². The Morgan fingerprint density at radius 3 is 2.75 bits per heavy atom. The molecule has 3 nitrogen and oxygen atoms in total. The summed E-state index contributed by atoms with van der Waals surface area (Å²) in [7, 11) is 0. The standard InChI is InChI=1S/C14H17F2N3S/c1-3-12-14(20-19-18-12)13(17-4-2)7-9-5-6-10(15)8-11(9)16/h5-6,8,13,17H,3-4,7H2,1-2H3. The van der Waals surface area contributed by atoms with E-state index in [1.54, 1.807) is 0 Å². The summed E-state index contributed by atoms with van der Waals surface area (Å²) in [6, 6.07) is 3.65. The second kappa shape index (κ2) is 6.85. The average Bonchev–Trinajstić information content (AvgIpc) is 2.89. The molecule has 0 aliphatic rings. The van der Waals surface area contributed by atoms with Gasteiger partial charge in [-0.2, -0.15) is 0 Å². The van der Waals surface area contributed by atoms with Gasteiger partial charge in [-0.3, -0.25) is 0 Å². The SMILES string of the molecule is CCNC(Cc1ccc(F)cc1F)c1snnc1CC. The van der Waals surface area contributed by atoms with E-state index in [9.17, 15) is 8.78 Å². The molecular weight excluding hydrogens is 280 g/mol. The monoisotopic (exact) mass is 297 g/mol. The van der Waals surface area contributed by atoms with Gasteiger partial charge < -0.3 is 5.32 Å². The number of likely N-dealkylation sites (N-methyl/N-ethyl adjacent to an activating group) is 1. The zero-order valence-electron chi connectivity index (χ0n) is 11.5. The van der Waals surface area contributed by atoms with E-state index in [4.69, 9.17) is 0 Å². The summed E-state index contributed by atoms with van der Waals surface area (Å²) in [6.07, 6.45) is 1.25. The zero-order chi connectivity index (χ0) is 14.5. The molecule has 0 fully saturated rings. The van der Waals surface area contributed by atoms with Crippen molar-refractivity contribution in [2.75, 3.05) is 6.54 Å². The Kier molecular flexibility index (Phi) is 5.14. The molecule has 0 spiro atoms. The van der Waals surface area contributed by atoms with Crippen molar-refractivity contribution in [3.63, 3.8) is 0 Å². The third kappa shape index (κ3) is 3.37. The summed E-state index contributed by atoms with van der Waals surface area (Å²) in [5.74, 6) is -1.07. The van der Waals surface area contributed by atoms with E-state index in [-0.39, 0.29) is 6.04 Å². The summed E-state index contributed by atoms with van der Waals surface area (Å²) < 4.78 is 30.7. The Labute approximate surface area is 121 Å². The lowest BCUT2D eigenvalue weighted by Crippen LogP contribution is -2.23. The molecule has 0 saturated heterocycles. The molecule has 20 heavy (non-hydrogen) atoms. The lowest BCUT2D eigenvalue weighted by atomic mass is 10.0. The molecule has 2 rings (SSSR count). The van der Waals surface area contributed by atoms with Crippen molar-refractivity contribution in [3.8, 4) is 0 Å². The lowest BCUT2D eigenvalue weighted by molar-refractivity contribution is 0.523. The minimum absolute atomic E-state index is 0.0464. The van der Waals surface area contributed by atoms with Gasteiger partial charge in [0.1, 0.15) is 11.6 Å². The second-order valence-electron chi connectivity index (χ2n) is 4.49. The number of halogens is 2. The van der Waals surface area contributed by atoms with E-state index < -0.39 is 11.6 Å². The fraction of sp³-hybridized carbons (Fsp3) is 0.429.